The SMILES string of the molecule is CC[C@H]1/C=C/C=C/C=C/C=C/[C@H](O[C@@H]2O[C@H](C)[C@@H](O)[C@H](N)[C@@H]2O)CC2O[C@](O)(C[C@@H](O)C[C@@H](O)C/C=C/C(=O)O[C@@H]1C)C[C@H](O)[C@H]2C(=O)O. The van der Waals surface area contributed by atoms with E-state index in [0.29, 0.717) is 0 Å². The van der Waals surface area contributed by atoms with Gasteiger partial charge in [0, 0.05) is 31.3 Å². The molecule has 3 aliphatic heterocycles. The Morgan fingerprint density at radius 1 is 0.939 bits per heavy atom. The van der Waals surface area contributed by atoms with Gasteiger partial charge in [0.25, 0.3) is 0 Å². The average Bonchev–Trinajstić information content (AvgIpc) is 3.00. The number of hydrogen-bond acceptors (Lipinski definition) is 13. The van der Waals surface area contributed by atoms with Gasteiger partial charge in [-0.25, -0.2) is 4.79 Å². The fraction of sp³-hybridized carbons (Fsp3) is 0.657. The first-order chi connectivity index (χ1) is 23.1. The van der Waals surface area contributed by atoms with Crippen molar-refractivity contribution in [3.05, 3.63) is 60.8 Å². The fourth-order valence-electron chi connectivity index (χ4n) is 6.29. The molecule has 276 valence electrons. The molecule has 14 atom stereocenters. The predicted molar refractivity (Wildman–Crippen MR) is 176 cm³/mol. The minimum absolute atomic E-state index is 0.00132. The third-order valence-electron chi connectivity index (χ3n) is 9.05. The number of allylic oxidation sites excluding steroid dienone is 6. The Kier molecular flexibility index (Phi) is 15.8. The molecule has 9 N–H and O–H groups in total. The van der Waals surface area contributed by atoms with Crippen LogP contribution in [0.15, 0.2) is 60.8 Å². The van der Waals surface area contributed by atoms with Crippen LogP contribution in [-0.4, -0.2) is 121 Å². The number of esters is 1. The van der Waals surface area contributed by atoms with Gasteiger partial charge < -0.3 is 60.4 Å². The van der Waals surface area contributed by atoms with E-state index >= 15 is 0 Å². The zero-order valence-electron chi connectivity index (χ0n) is 28.2. The number of carboxylic acids is 1. The van der Waals surface area contributed by atoms with Crippen molar-refractivity contribution in [1.82, 2.24) is 0 Å². The summed E-state index contributed by atoms with van der Waals surface area (Å²) in [5, 5.41) is 74.4. The molecule has 0 amide bonds. The number of carbonyl (C=O) groups is 2. The van der Waals surface area contributed by atoms with E-state index in [4.69, 9.17) is 24.7 Å². The van der Waals surface area contributed by atoms with Gasteiger partial charge in [-0.1, -0.05) is 61.6 Å². The second kappa shape index (κ2) is 19.0. The normalized spacial score (nSPS) is 45.2. The molecule has 0 spiro atoms. The quantitative estimate of drug-likeness (QED) is 0.189. The topological polar surface area (TPSA) is 239 Å². The molecule has 0 aromatic carbocycles. The molecule has 3 rings (SSSR count). The van der Waals surface area contributed by atoms with Gasteiger partial charge in [-0.2, -0.15) is 0 Å². The fourth-order valence-corrected chi connectivity index (χ4v) is 6.29. The number of hydrogen-bond donors (Lipinski definition) is 8. The van der Waals surface area contributed by atoms with E-state index in [1.165, 1.54) is 12.2 Å². The number of carboxylic acid groups (broad SMARTS) is 1. The van der Waals surface area contributed by atoms with Crippen LogP contribution in [0.25, 0.3) is 0 Å². The zero-order valence-corrected chi connectivity index (χ0v) is 28.2. The molecule has 2 saturated heterocycles. The summed E-state index contributed by atoms with van der Waals surface area (Å²) in [6, 6.07) is -1.09. The largest absolute Gasteiger partial charge is 0.481 e. The molecule has 0 saturated carbocycles. The van der Waals surface area contributed by atoms with Crippen molar-refractivity contribution in [3.8, 4) is 0 Å². The number of aliphatic hydroxyl groups is 6. The van der Waals surface area contributed by atoms with Crippen molar-refractivity contribution in [2.24, 2.45) is 17.6 Å². The monoisotopic (exact) mass is 695 g/mol. The van der Waals surface area contributed by atoms with Crippen molar-refractivity contribution in [2.75, 3.05) is 0 Å². The molecule has 0 aliphatic carbocycles. The molecule has 0 radical (unpaired) electrons. The summed E-state index contributed by atoms with van der Waals surface area (Å²) >= 11 is 0. The number of ether oxygens (including phenoxy) is 4. The van der Waals surface area contributed by atoms with Gasteiger partial charge in [-0.05, 0) is 33.1 Å². The highest BCUT2D eigenvalue weighted by Gasteiger charge is 2.50. The molecule has 2 fully saturated rings. The molecular weight excluding hydrogens is 642 g/mol. The van der Waals surface area contributed by atoms with Crippen LogP contribution in [0.4, 0.5) is 0 Å². The highest BCUT2D eigenvalue weighted by atomic mass is 16.7. The predicted octanol–water partition coefficient (Wildman–Crippen LogP) is 0.739. The van der Waals surface area contributed by atoms with E-state index in [0.717, 1.165) is 6.42 Å². The molecule has 49 heavy (non-hydrogen) atoms. The van der Waals surface area contributed by atoms with Gasteiger partial charge in [0.15, 0.2) is 12.1 Å². The van der Waals surface area contributed by atoms with Crippen molar-refractivity contribution in [2.45, 2.75) is 132 Å². The van der Waals surface area contributed by atoms with E-state index < -0.39 is 104 Å². The summed E-state index contributed by atoms with van der Waals surface area (Å²) in [5.74, 6) is -5.69. The molecule has 14 heteroatoms. The number of aliphatic carboxylic acids is 1. The van der Waals surface area contributed by atoms with Crippen LogP contribution in [0.2, 0.25) is 0 Å². The molecular formula is C35H53NO13. The van der Waals surface area contributed by atoms with Crippen LogP contribution in [0.3, 0.4) is 0 Å². The Balaban J connectivity index is 1.93. The van der Waals surface area contributed by atoms with E-state index in [-0.39, 0.29) is 25.2 Å². The zero-order chi connectivity index (χ0) is 36.3. The minimum Gasteiger partial charge on any atom is -0.481 e. The van der Waals surface area contributed by atoms with Crippen LogP contribution in [0.5, 0.6) is 0 Å². The molecule has 3 heterocycles. The summed E-state index contributed by atoms with van der Waals surface area (Å²) in [6.07, 6.45) is 4.26. The maximum atomic E-state index is 12.3. The lowest BCUT2D eigenvalue weighted by molar-refractivity contribution is -0.308. The first-order valence-electron chi connectivity index (χ1n) is 16.8. The van der Waals surface area contributed by atoms with Crippen LogP contribution < -0.4 is 5.73 Å². The maximum absolute atomic E-state index is 12.3. The van der Waals surface area contributed by atoms with Crippen LogP contribution in [-0.2, 0) is 28.5 Å². The van der Waals surface area contributed by atoms with Crippen molar-refractivity contribution in [1.29, 1.82) is 0 Å². The second-order valence-corrected chi connectivity index (χ2v) is 13.1. The van der Waals surface area contributed by atoms with E-state index in [9.17, 15) is 45.3 Å². The van der Waals surface area contributed by atoms with E-state index in [1.807, 2.05) is 19.1 Å². The van der Waals surface area contributed by atoms with E-state index in [1.54, 1.807) is 50.3 Å². The average molecular weight is 696 g/mol. The van der Waals surface area contributed by atoms with Gasteiger partial charge in [0.2, 0.25) is 0 Å². The summed E-state index contributed by atoms with van der Waals surface area (Å²) < 4.78 is 23.1. The van der Waals surface area contributed by atoms with Gasteiger partial charge >= 0.3 is 11.9 Å². The number of fused-ring (bicyclic) bond motifs is 2. The molecule has 0 aromatic heterocycles. The highest BCUT2D eigenvalue weighted by Crippen LogP contribution is 2.38. The van der Waals surface area contributed by atoms with Gasteiger partial charge in [-0.15, -0.1) is 0 Å². The summed E-state index contributed by atoms with van der Waals surface area (Å²) in [6.45, 7) is 5.32. The lowest BCUT2D eigenvalue weighted by Crippen LogP contribution is -2.61. The minimum atomic E-state index is -2.18. The van der Waals surface area contributed by atoms with Crippen LogP contribution >= 0.6 is 0 Å². The van der Waals surface area contributed by atoms with Crippen molar-refractivity contribution in [3.63, 3.8) is 0 Å². The van der Waals surface area contributed by atoms with Gasteiger partial charge in [0.05, 0.1) is 48.8 Å². The third-order valence-corrected chi connectivity index (χ3v) is 9.05. The van der Waals surface area contributed by atoms with Crippen LogP contribution in [0, 0.1) is 11.8 Å². The van der Waals surface area contributed by atoms with Crippen molar-refractivity contribution >= 4 is 11.9 Å². The second-order valence-electron chi connectivity index (χ2n) is 13.1. The Labute approximate surface area is 286 Å². The molecule has 1 unspecified atom stereocenters. The lowest BCUT2D eigenvalue weighted by Gasteiger charge is -2.45. The molecule has 14 nitrogen and oxygen atoms in total. The Bertz CT molecular complexity index is 1220. The number of aliphatic hydroxyl groups excluding tert-OH is 5. The Hall–Kier alpha value is -2.76. The van der Waals surface area contributed by atoms with Gasteiger partial charge in [0.1, 0.15) is 18.1 Å². The smallest absolute Gasteiger partial charge is 0.330 e. The highest BCUT2D eigenvalue weighted by molar-refractivity contribution is 5.82. The Morgan fingerprint density at radius 2 is 1.59 bits per heavy atom. The van der Waals surface area contributed by atoms with E-state index in [2.05, 4.69) is 0 Å². The Morgan fingerprint density at radius 3 is 2.24 bits per heavy atom. The summed E-state index contributed by atoms with van der Waals surface area (Å²) in [4.78, 5) is 24.6. The first-order valence-corrected chi connectivity index (χ1v) is 16.8. The van der Waals surface area contributed by atoms with Crippen LogP contribution in [0.1, 0.15) is 59.3 Å². The lowest BCUT2D eigenvalue weighted by atomic mass is 9.83. The number of carbonyl (C=O) groups excluding carboxylic acids is 1. The molecule has 0 aromatic rings. The maximum Gasteiger partial charge on any atom is 0.330 e. The summed E-state index contributed by atoms with van der Waals surface area (Å²) in [7, 11) is 0. The van der Waals surface area contributed by atoms with Gasteiger partial charge in [-0.3, -0.25) is 4.79 Å². The number of cyclic esters (lactones) is 1. The standard InChI is InChI=1S/C35H53NO13/c1-4-22-12-9-7-5-6-8-10-14-25(48-34-32(42)30(36)31(41)21(3)47-34)17-27-29(33(43)44)26(39)19-35(45,49-27)18-24(38)16-23(37)13-11-15-28(40)46-20(22)2/h5-12,14-15,20-27,29-32,34,37-39,41-42,45H,4,13,16-19,36H2,1-3H3,(H,43,44)/b7-5+,8-6+,12-9+,14-10+,15-11+/t20-,21-,22+,23+,24+,25+,26+,27?,29-,30+,31-,32+,34+,35-/m1/s1. The molecule has 2 bridgehead atoms. The number of rotatable bonds is 4. The first kappa shape index (κ1) is 40.7. The third kappa shape index (κ3) is 12.2. The summed E-state index contributed by atoms with van der Waals surface area (Å²) in [5.41, 5.74) is 5.98. The van der Waals surface area contributed by atoms with Crippen molar-refractivity contribution < 1.29 is 64.3 Å². The number of nitrogens with two attached hydrogens (primary N) is 1. The molecule has 3 aliphatic rings.